The number of hydrogen-bond donors (Lipinski definition) is 1. The van der Waals surface area contributed by atoms with E-state index < -0.39 is 23.5 Å². The minimum atomic E-state index is -0.802. The minimum absolute atomic E-state index is 0.0106. The Morgan fingerprint density at radius 3 is 2.34 bits per heavy atom. The Balaban J connectivity index is 2.04. The van der Waals surface area contributed by atoms with Crippen LogP contribution in [0.25, 0.3) is 5.76 Å². The van der Waals surface area contributed by atoms with Crippen LogP contribution in [0.15, 0.2) is 48.0 Å². The lowest BCUT2D eigenvalue weighted by atomic mass is 9.94. The van der Waals surface area contributed by atoms with Crippen LogP contribution in [0.2, 0.25) is 0 Å². The predicted molar refractivity (Wildman–Crippen MR) is 135 cm³/mol. The maximum atomic E-state index is 13.7. The molecule has 2 aromatic carbocycles. The molecular formula is C28H35FN2O4. The van der Waals surface area contributed by atoms with E-state index in [1.54, 1.807) is 30.3 Å². The fourth-order valence-corrected chi connectivity index (χ4v) is 4.26. The summed E-state index contributed by atoms with van der Waals surface area (Å²) in [6.45, 7) is 13.1. The second-order valence-electron chi connectivity index (χ2n) is 9.26. The zero-order valence-corrected chi connectivity index (χ0v) is 21.2. The number of benzene rings is 2. The van der Waals surface area contributed by atoms with Gasteiger partial charge in [0, 0.05) is 18.7 Å². The van der Waals surface area contributed by atoms with Gasteiger partial charge < -0.3 is 19.6 Å². The highest BCUT2D eigenvalue weighted by molar-refractivity contribution is 6.46. The number of ketones is 1. The molecule has 0 radical (unpaired) electrons. The molecule has 0 aromatic heterocycles. The molecule has 1 heterocycles. The van der Waals surface area contributed by atoms with Crippen LogP contribution in [0, 0.1) is 18.7 Å². The van der Waals surface area contributed by atoms with Gasteiger partial charge in [-0.15, -0.1) is 0 Å². The summed E-state index contributed by atoms with van der Waals surface area (Å²) in [5.74, 6) is -1.01. The largest absolute Gasteiger partial charge is 0.507 e. The lowest BCUT2D eigenvalue weighted by Gasteiger charge is -2.28. The van der Waals surface area contributed by atoms with Crippen LogP contribution in [0.4, 0.5) is 4.39 Å². The smallest absolute Gasteiger partial charge is 0.295 e. The first-order chi connectivity index (χ1) is 16.7. The first-order valence-corrected chi connectivity index (χ1v) is 12.2. The van der Waals surface area contributed by atoms with E-state index in [0.29, 0.717) is 42.5 Å². The van der Waals surface area contributed by atoms with E-state index in [0.717, 1.165) is 18.7 Å². The number of aliphatic hydroxyl groups excluding tert-OH is 1. The molecule has 0 saturated carbocycles. The van der Waals surface area contributed by atoms with Crippen LogP contribution < -0.4 is 4.74 Å². The summed E-state index contributed by atoms with van der Waals surface area (Å²) < 4.78 is 19.5. The van der Waals surface area contributed by atoms with E-state index in [9.17, 15) is 19.1 Å². The molecule has 1 atom stereocenters. The van der Waals surface area contributed by atoms with E-state index in [1.165, 1.54) is 17.0 Å². The van der Waals surface area contributed by atoms with Gasteiger partial charge in [-0.2, -0.15) is 0 Å². The standard InChI is InChI=1S/C28H35FN2O4/c1-6-30(7-2)14-15-31-25(20-8-11-22(29)12-9-20)24(27(33)28(31)34)26(32)21-10-13-23(19(5)16-21)35-17-18(3)4/h8-13,16,18,25,32H,6-7,14-15,17H2,1-5H3/t25-/m1/s1. The number of nitrogens with zero attached hydrogens (tertiary/aromatic N) is 2. The Morgan fingerprint density at radius 2 is 1.77 bits per heavy atom. The first kappa shape index (κ1) is 26.4. The van der Waals surface area contributed by atoms with E-state index in [-0.39, 0.29) is 11.3 Å². The summed E-state index contributed by atoms with van der Waals surface area (Å²) >= 11 is 0. The lowest BCUT2D eigenvalue weighted by Crippen LogP contribution is -2.38. The third kappa shape index (κ3) is 5.90. The topological polar surface area (TPSA) is 70.1 Å². The van der Waals surface area contributed by atoms with Gasteiger partial charge in [0.25, 0.3) is 11.7 Å². The molecule has 35 heavy (non-hydrogen) atoms. The van der Waals surface area contributed by atoms with Crippen molar-refractivity contribution in [3.8, 4) is 5.75 Å². The highest BCUT2D eigenvalue weighted by Gasteiger charge is 2.46. The average Bonchev–Trinajstić information content (AvgIpc) is 3.08. The number of aryl methyl sites for hydroxylation is 1. The van der Waals surface area contributed by atoms with Crippen molar-refractivity contribution in [2.45, 2.75) is 40.7 Å². The summed E-state index contributed by atoms with van der Waals surface area (Å²) in [5.41, 5.74) is 1.81. The highest BCUT2D eigenvalue weighted by atomic mass is 19.1. The number of aliphatic hydroxyl groups is 1. The molecule has 1 N–H and O–H groups in total. The SMILES string of the molecule is CCN(CC)CCN1C(=O)C(=O)C(=C(O)c2ccc(OCC(C)C)c(C)c2)[C@H]1c1ccc(F)cc1. The van der Waals surface area contributed by atoms with E-state index in [1.807, 2.05) is 20.8 Å². The Labute approximate surface area is 207 Å². The van der Waals surface area contributed by atoms with Gasteiger partial charge in [0.05, 0.1) is 18.2 Å². The van der Waals surface area contributed by atoms with Gasteiger partial charge in [-0.3, -0.25) is 9.59 Å². The number of amides is 1. The van der Waals surface area contributed by atoms with Crippen molar-refractivity contribution in [1.82, 2.24) is 9.80 Å². The zero-order valence-electron chi connectivity index (χ0n) is 21.2. The summed E-state index contributed by atoms with van der Waals surface area (Å²) in [5, 5.41) is 11.3. The Hall–Kier alpha value is -3.19. The van der Waals surface area contributed by atoms with E-state index >= 15 is 0 Å². The number of carbonyl (C=O) groups excluding carboxylic acids is 2. The second-order valence-corrected chi connectivity index (χ2v) is 9.26. The maximum Gasteiger partial charge on any atom is 0.295 e. The van der Waals surface area contributed by atoms with Crippen molar-refractivity contribution < 1.29 is 23.8 Å². The molecule has 0 spiro atoms. The number of halogens is 1. The summed E-state index contributed by atoms with van der Waals surface area (Å²) in [6.07, 6.45) is 0. The van der Waals surface area contributed by atoms with Gasteiger partial charge in [-0.25, -0.2) is 4.39 Å². The van der Waals surface area contributed by atoms with Crippen LogP contribution in [0.5, 0.6) is 5.75 Å². The molecule has 0 bridgehead atoms. The first-order valence-electron chi connectivity index (χ1n) is 12.2. The van der Waals surface area contributed by atoms with Gasteiger partial charge in [0.2, 0.25) is 0 Å². The zero-order chi connectivity index (χ0) is 25.7. The van der Waals surface area contributed by atoms with Gasteiger partial charge >= 0.3 is 0 Å². The number of rotatable bonds is 10. The number of Topliss-reactive ketones (excluding diaryl/α,β-unsaturated/α-hetero) is 1. The van der Waals surface area contributed by atoms with Crippen molar-refractivity contribution in [3.05, 3.63) is 70.5 Å². The molecule has 3 rings (SSSR count). The van der Waals surface area contributed by atoms with Crippen molar-refractivity contribution in [1.29, 1.82) is 0 Å². The molecule has 1 saturated heterocycles. The van der Waals surface area contributed by atoms with E-state index in [2.05, 4.69) is 18.7 Å². The Kier molecular flexibility index (Phi) is 8.67. The molecule has 1 aliphatic rings. The van der Waals surface area contributed by atoms with E-state index in [4.69, 9.17) is 4.74 Å². The fraction of sp³-hybridized carbons (Fsp3) is 0.429. The van der Waals surface area contributed by atoms with Gasteiger partial charge in [-0.1, -0.05) is 39.8 Å². The second kappa shape index (κ2) is 11.5. The molecule has 1 fully saturated rings. The number of ether oxygens (including phenoxy) is 1. The van der Waals surface area contributed by atoms with Gasteiger partial charge in [0.15, 0.2) is 0 Å². The van der Waals surface area contributed by atoms with Crippen LogP contribution >= 0.6 is 0 Å². The molecule has 1 amide bonds. The predicted octanol–water partition coefficient (Wildman–Crippen LogP) is 4.93. The van der Waals surface area contributed by atoms with Crippen LogP contribution in [0.3, 0.4) is 0 Å². The molecular weight excluding hydrogens is 447 g/mol. The summed E-state index contributed by atoms with van der Waals surface area (Å²) in [4.78, 5) is 29.9. The lowest BCUT2D eigenvalue weighted by molar-refractivity contribution is -0.140. The van der Waals surface area contributed by atoms with Crippen LogP contribution in [-0.2, 0) is 9.59 Å². The average molecular weight is 483 g/mol. The third-order valence-electron chi connectivity index (χ3n) is 6.30. The molecule has 0 aliphatic carbocycles. The fourth-order valence-electron chi connectivity index (χ4n) is 4.26. The summed E-state index contributed by atoms with van der Waals surface area (Å²) in [7, 11) is 0. The number of likely N-dealkylation sites (tertiary alicyclic amines) is 1. The monoisotopic (exact) mass is 482 g/mol. The number of likely N-dealkylation sites (N-methyl/N-ethyl adjacent to an activating group) is 1. The van der Waals surface area contributed by atoms with Crippen LogP contribution in [0.1, 0.15) is 50.4 Å². The Morgan fingerprint density at radius 1 is 1.11 bits per heavy atom. The molecule has 188 valence electrons. The van der Waals surface area contributed by atoms with Crippen molar-refractivity contribution in [3.63, 3.8) is 0 Å². The third-order valence-corrected chi connectivity index (χ3v) is 6.30. The molecule has 6 nitrogen and oxygen atoms in total. The van der Waals surface area contributed by atoms with Gasteiger partial charge in [0.1, 0.15) is 17.3 Å². The highest BCUT2D eigenvalue weighted by Crippen LogP contribution is 2.39. The Bertz CT molecular complexity index is 1090. The van der Waals surface area contributed by atoms with Gasteiger partial charge in [-0.05, 0) is 67.4 Å². The minimum Gasteiger partial charge on any atom is -0.507 e. The van der Waals surface area contributed by atoms with Crippen LogP contribution in [-0.4, -0.2) is 59.4 Å². The molecule has 2 aromatic rings. The summed E-state index contributed by atoms with van der Waals surface area (Å²) in [6, 6.07) is 10.1. The normalized spacial score (nSPS) is 17.6. The van der Waals surface area contributed by atoms with Crippen molar-refractivity contribution >= 4 is 17.4 Å². The molecule has 0 unspecified atom stereocenters. The van der Waals surface area contributed by atoms with Crippen molar-refractivity contribution in [2.75, 3.05) is 32.8 Å². The quantitative estimate of drug-likeness (QED) is 0.295. The number of hydrogen-bond acceptors (Lipinski definition) is 5. The molecule has 1 aliphatic heterocycles. The van der Waals surface area contributed by atoms with Crippen molar-refractivity contribution in [2.24, 2.45) is 5.92 Å². The number of carbonyl (C=O) groups is 2. The molecule has 7 heteroatoms. The maximum absolute atomic E-state index is 13.7.